The fraction of sp³-hybridized carbons (Fsp3) is 0.207. The average Bonchev–Trinajstić information content (AvgIpc) is 3.43. The maximum atomic E-state index is 13.4. The van der Waals surface area contributed by atoms with Gasteiger partial charge >= 0.3 is 6.18 Å². The fourth-order valence-corrected chi connectivity index (χ4v) is 4.32. The number of alkyl halides is 3. The average molecular weight is 548 g/mol. The highest BCUT2D eigenvalue weighted by atomic mass is 19.4. The summed E-state index contributed by atoms with van der Waals surface area (Å²) in [6, 6.07) is 15.6. The molecule has 0 aliphatic carbocycles. The van der Waals surface area contributed by atoms with Gasteiger partial charge in [0.1, 0.15) is 0 Å². The van der Waals surface area contributed by atoms with E-state index in [0.717, 1.165) is 17.5 Å². The van der Waals surface area contributed by atoms with Crippen molar-refractivity contribution in [2.24, 2.45) is 5.16 Å². The predicted octanol–water partition coefficient (Wildman–Crippen LogP) is 5.46. The Bertz CT molecular complexity index is 1570. The quantitative estimate of drug-likeness (QED) is 0.255. The second-order valence-electron chi connectivity index (χ2n) is 9.48. The van der Waals surface area contributed by atoms with E-state index in [9.17, 15) is 23.2 Å². The zero-order chi connectivity index (χ0) is 28.4. The minimum atomic E-state index is -4.78. The van der Waals surface area contributed by atoms with Crippen molar-refractivity contribution in [3.05, 3.63) is 118 Å². The van der Waals surface area contributed by atoms with Crippen molar-refractivity contribution in [3.8, 4) is 11.3 Å². The Labute approximate surface area is 227 Å². The molecule has 204 valence electrons. The van der Waals surface area contributed by atoms with E-state index < -0.39 is 23.8 Å². The van der Waals surface area contributed by atoms with Gasteiger partial charge in [-0.1, -0.05) is 17.3 Å². The van der Waals surface area contributed by atoms with Crippen LogP contribution in [0.1, 0.15) is 63.9 Å². The maximum Gasteiger partial charge on any atom is 0.478 e. The third-order valence-electron chi connectivity index (χ3n) is 6.50. The molecule has 0 bridgehead atoms. The number of oxime groups is 1. The van der Waals surface area contributed by atoms with Gasteiger partial charge in [-0.3, -0.25) is 14.8 Å². The number of aromatic nitrogens is 3. The van der Waals surface area contributed by atoms with Gasteiger partial charge in [-0.25, -0.2) is 0 Å². The van der Waals surface area contributed by atoms with Crippen molar-refractivity contribution >= 4 is 11.6 Å². The number of hydrogen-bond donors (Lipinski definition) is 1. The van der Waals surface area contributed by atoms with Crippen LogP contribution in [0, 0.1) is 12.1 Å². The molecule has 4 heterocycles. The van der Waals surface area contributed by atoms with Gasteiger partial charge in [0.2, 0.25) is 0 Å². The normalized spacial score (nSPS) is 15.7. The molecule has 40 heavy (non-hydrogen) atoms. The summed E-state index contributed by atoms with van der Waals surface area (Å²) in [6.45, 7) is 3.50. The first kappa shape index (κ1) is 26.8. The lowest BCUT2D eigenvalue weighted by molar-refractivity contribution is -0.629. The van der Waals surface area contributed by atoms with Crippen LogP contribution < -0.4 is 10.0 Å². The summed E-state index contributed by atoms with van der Waals surface area (Å²) in [6.07, 6.45) is -0.499. The summed E-state index contributed by atoms with van der Waals surface area (Å²) >= 11 is 0. The van der Waals surface area contributed by atoms with E-state index in [1.807, 2.05) is 43.3 Å². The molecule has 0 spiro atoms. The number of halogens is 3. The second kappa shape index (κ2) is 10.8. The number of pyridine rings is 3. The van der Waals surface area contributed by atoms with Crippen LogP contribution in [0.5, 0.6) is 0 Å². The third-order valence-corrected chi connectivity index (χ3v) is 6.50. The molecule has 11 heteroatoms. The van der Waals surface area contributed by atoms with E-state index in [-0.39, 0.29) is 22.0 Å². The minimum absolute atomic E-state index is 0.222. The van der Waals surface area contributed by atoms with Crippen LogP contribution in [0.3, 0.4) is 0 Å². The second-order valence-corrected chi connectivity index (χ2v) is 9.48. The van der Waals surface area contributed by atoms with Gasteiger partial charge in [-0.15, -0.1) is 0 Å². The molecule has 1 aliphatic heterocycles. The molecule has 2 atom stereocenters. The van der Waals surface area contributed by atoms with E-state index in [1.54, 1.807) is 31.5 Å². The number of carbonyl (C=O) groups excluding carboxylic acids is 1. The maximum absolute atomic E-state index is 13.4. The monoisotopic (exact) mass is 547 g/mol. The van der Waals surface area contributed by atoms with Gasteiger partial charge in [-0.2, -0.15) is 17.9 Å². The number of benzene rings is 1. The summed E-state index contributed by atoms with van der Waals surface area (Å²) < 4.78 is 38.7. The van der Waals surface area contributed by atoms with E-state index in [4.69, 9.17) is 4.84 Å². The molecule has 0 fully saturated rings. The van der Waals surface area contributed by atoms with E-state index in [1.165, 1.54) is 6.07 Å². The highest BCUT2D eigenvalue weighted by Crippen LogP contribution is 2.31. The number of rotatable bonds is 6. The first-order valence-electron chi connectivity index (χ1n) is 12.4. The van der Waals surface area contributed by atoms with E-state index in [0.29, 0.717) is 35.0 Å². The van der Waals surface area contributed by atoms with E-state index >= 15 is 0 Å². The molecule has 0 unspecified atom stereocenters. The minimum Gasteiger partial charge on any atom is -0.618 e. The Morgan fingerprint density at radius 1 is 1.10 bits per heavy atom. The summed E-state index contributed by atoms with van der Waals surface area (Å²) in [5.41, 5.74) is 3.48. The lowest BCUT2D eigenvalue weighted by atomic mass is 9.96. The molecule has 4 aromatic rings. The number of aryl methyl sites for hydroxylation is 1. The molecule has 0 radical (unpaired) electrons. The first-order valence-corrected chi connectivity index (χ1v) is 12.4. The van der Waals surface area contributed by atoms with Crippen molar-refractivity contribution in [1.82, 2.24) is 15.3 Å². The topological polar surface area (TPSA) is 103 Å². The van der Waals surface area contributed by atoms with Gasteiger partial charge in [0.05, 0.1) is 23.1 Å². The van der Waals surface area contributed by atoms with Gasteiger partial charge in [0.25, 0.3) is 11.6 Å². The Hall–Kier alpha value is -4.80. The standard InChI is InChI=1S/C29H24F3N5O3/c1-17-6-8-23(34-15-17)20-11-21(25-14-26(40-36-25)24-5-3-4-10-33-24)13-22(12-20)28(38)35-18(2)19-7-9-27(29(30,31)32)37(39)16-19/h3-13,15-16,18,26H,14H2,1-2H3,(H,35,38)/t18-,26+/m1/s1. The van der Waals surface area contributed by atoms with Crippen LogP contribution in [-0.2, 0) is 11.0 Å². The Balaban J connectivity index is 1.43. The van der Waals surface area contributed by atoms with Crippen LogP contribution >= 0.6 is 0 Å². The molecule has 5 rings (SSSR count). The smallest absolute Gasteiger partial charge is 0.478 e. The highest BCUT2D eigenvalue weighted by molar-refractivity contribution is 6.05. The molecule has 1 aromatic carbocycles. The molecule has 0 saturated heterocycles. The summed E-state index contributed by atoms with van der Waals surface area (Å²) in [5.74, 6) is -0.485. The Kier molecular flexibility index (Phi) is 7.20. The van der Waals surface area contributed by atoms with Crippen LogP contribution in [0.4, 0.5) is 13.2 Å². The summed E-state index contributed by atoms with van der Waals surface area (Å²) in [7, 11) is 0. The number of amides is 1. The molecule has 8 nitrogen and oxygen atoms in total. The van der Waals surface area contributed by atoms with E-state index in [2.05, 4.69) is 20.4 Å². The van der Waals surface area contributed by atoms with Crippen LogP contribution in [0.25, 0.3) is 11.3 Å². The van der Waals surface area contributed by atoms with Crippen molar-refractivity contribution in [3.63, 3.8) is 0 Å². The Morgan fingerprint density at radius 3 is 2.58 bits per heavy atom. The molecule has 1 aliphatic rings. The summed E-state index contributed by atoms with van der Waals surface area (Å²) in [5, 5.41) is 19.0. The predicted molar refractivity (Wildman–Crippen MR) is 140 cm³/mol. The van der Waals surface area contributed by atoms with Gasteiger partial charge < -0.3 is 15.4 Å². The molecule has 1 amide bonds. The molecule has 0 saturated carbocycles. The lowest BCUT2D eigenvalue weighted by Crippen LogP contribution is -2.38. The van der Waals surface area contributed by atoms with Gasteiger partial charge in [-0.05, 0) is 61.9 Å². The summed E-state index contributed by atoms with van der Waals surface area (Å²) in [4.78, 5) is 27.8. The van der Waals surface area contributed by atoms with Crippen LogP contribution in [0.2, 0.25) is 0 Å². The number of carbonyl (C=O) groups is 1. The molecule has 1 N–H and O–H groups in total. The number of nitrogens with one attached hydrogen (secondary N) is 1. The van der Waals surface area contributed by atoms with Crippen molar-refractivity contribution in [1.29, 1.82) is 0 Å². The molecular formula is C29H24F3N5O3. The Morgan fingerprint density at radius 2 is 1.90 bits per heavy atom. The fourth-order valence-electron chi connectivity index (χ4n) is 4.32. The third kappa shape index (κ3) is 5.78. The first-order chi connectivity index (χ1) is 19.1. The SMILES string of the molecule is Cc1ccc(-c2cc(C(=O)N[C@H](C)c3ccc(C(F)(F)F)[n+]([O-])c3)cc(C3=NO[C@H](c4ccccn4)C3)c2)nc1. The lowest BCUT2D eigenvalue weighted by Gasteiger charge is -2.16. The molecular weight excluding hydrogens is 523 g/mol. The zero-order valence-electron chi connectivity index (χ0n) is 21.5. The highest BCUT2D eigenvalue weighted by Gasteiger charge is 2.39. The number of hydrogen-bond acceptors (Lipinski definition) is 6. The van der Waals surface area contributed by atoms with Crippen molar-refractivity contribution in [2.75, 3.05) is 0 Å². The van der Waals surface area contributed by atoms with Crippen molar-refractivity contribution < 1.29 is 27.5 Å². The van der Waals surface area contributed by atoms with Gasteiger partial charge in [0, 0.05) is 47.1 Å². The van der Waals surface area contributed by atoms with Gasteiger partial charge in [0.15, 0.2) is 12.3 Å². The van der Waals surface area contributed by atoms with Crippen molar-refractivity contribution in [2.45, 2.75) is 38.6 Å². The van der Waals surface area contributed by atoms with Crippen LogP contribution in [0.15, 0.2) is 84.4 Å². The largest absolute Gasteiger partial charge is 0.618 e. The van der Waals surface area contributed by atoms with Crippen LogP contribution in [-0.4, -0.2) is 21.6 Å². The number of nitrogens with zero attached hydrogens (tertiary/aromatic N) is 4. The zero-order valence-corrected chi connectivity index (χ0v) is 21.5. The molecule has 3 aromatic heterocycles.